The number of aliphatic hydroxyl groups excluding tert-OH is 1. The van der Waals surface area contributed by atoms with E-state index < -0.39 is 17.7 Å². The van der Waals surface area contributed by atoms with Gasteiger partial charge in [-0.1, -0.05) is 18.2 Å². The number of carbonyl (C=O) groups is 2. The van der Waals surface area contributed by atoms with Gasteiger partial charge in [0.1, 0.15) is 18.2 Å². The second kappa shape index (κ2) is 12.0. The number of benzene rings is 2. The summed E-state index contributed by atoms with van der Waals surface area (Å²) < 4.78 is 11.5. The number of hydrogen-bond acceptors (Lipinski definition) is 8. The van der Waals surface area contributed by atoms with Gasteiger partial charge in [0.15, 0.2) is 11.5 Å². The molecule has 2 saturated heterocycles. The van der Waals surface area contributed by atoms with Crippen LogP contribution in [0.5, 0.6) is 11.5 Å². The summed E-state index contributed by atoms with van der Waals surface area (Å²) in [6.45, 7) is 6.25. The van der Waals surface area contributed by atoms with E-state index in [2.05, 4.69) is 15.2 Å². The van der Waals surface area contributed by atoms with E-state index in [0.717, 1.165) is 42.4 Å². The Hall–Kier alpha value is -3.73. The molecule has 10 heteroatoms. The van der Waals surface area contributed by atoms with Crippen molar-refractivity contribution < 1.29 is 24.2 Å². The molecule has 3 heterocycles. The lowest BCUT2D eigenvalue weighted by Gasteiger charge is -2.32. The van der Waals surface area contributed by atoms with Crippen LogP contribution in [0, 0.1) is 0 Å². The lowest BCUT2D eigenvalue weighted by molar-refractivity contribution is -0.123. The molecule has 10 nitrogen and oxygen atoms in total. The number of carbonyl (C=O) groups excluding carboxylic acids is 2. The predicted octanol–water partition coefficient (Wildman–Crippen LogP) is 3.41. The van der Waals surface area contributed by atoms with Crippen LogP contribution in [0.4, 0.5) is 10.5 Å². The normalized spacial score (nSPS) is 18.4. The molecule has 0 saturated carbocycles. The highest BCUT2D eigenvalue weighted by atomic mass is 16.5. The zero-order valence-corrected chi connectivity index (χ0v) is 24.2. The molecule has 2 aliphatic heterocycles. The van der Waals surface area contributed by atoms with Crippen molar-refractivity contribution in [2.75, 3.05) is 45.3 Å². The number of fused-ring (bicyclic) bond motifs is 1. The summed E-state index contributed by atoms with van der Waals surface area (Å²) in [5.74, 6) is 0.470. The zero-order valence-electron chi connectivity index (χ0n) is 24.2. The number of imide groups is 1. The van der Waals surface area contributed by atoms with Crippen LogP contribution in [0.25, 0.3) is 10.9 Å². The van der Waals surface area contributed by atoms with Gasteiger partial charge in [0.05, 0.1) is 18.3 Å². The van der Waals surface area contributed by atoms with Crippen molar-refractivity contribution in [2.45, 2.75) is 50.9 Å². The number of aromatic nitrogens is 1. The summed E-state index contributed by atoms with van der Waals surface area (Å²) in [4.78, 5) is 36.8. The highest BCUT2D eigenvalue weighted by molar-refractivity contribution is 6.23. The first kappa shape index (κ1) is 28.8. The fraction of sp³-hybridized carbons (Fsp3) is 0.452. The molecule has 1 atom stereocenters. The van der Waals surface area contributed by atoms with Gasteiger partial charge in [-0.3, -0.25) is 9.78 Å². The van der Waals surface area contributed by atoms with E-state index in [1.165, 1.54) is 12.0 Å². The van der Waals surface area contributed by atoms with Gasteiger partial charge < -0.3 is 29.7 Å². The van der Waals surface area contributed by atoms with Crippen molar-refractivity contribution in [2.24, 2.45) is 0 Å². The Morgan fingerprint density at radius 2 is 1.88 bits per heavy atom. The van der Waals surface area contributed by atoms with Crippen LogP contribution in [0.2, 0.25) is 0 Å². The smallest absolute Gasteiger partial charge is 0.332 e. The first-order chi connectivity index (χ1) is 19.7. The highest BCUT2D eigenvalue weighted by Crippen LogP contribution is 2.38. The standard InChI is InChI=1S/C31H39N5O5/c1-31(2)29(38)36(30(39)35(31)18-21-11-16-33-26-8-6-5-7-25(21)26)23-9-10-27(40-4)28(17-23)41-20-24(37)19-34(3)22-12-14-32-15-13-22/h5-11,16-17,22,24,32,37H,12-15,18-20H2,1-4H3. The number of rotatable bonds is 10. The largest absolute Gasteiger partial charge is 0.493 e. The van der Waals surface area contributed by atoms with Crippen LogP contribution in [0.3, 0.4) is 0 Å². The number of ether oxygens (including phenoxy) is 2. The van der Waals surface area contributed by atoms with Crippen LogP contribution >= 0.6 is 0 Å². The van der Waals surface area contributed by atoms with Gasteiger partial charge in [0.25, 0.3) is 5.91 Å². The minimum atomic E-state index is -1.07. The number of anilines is 1. The summed E-state index contributed by atoms with van der Waals surface area (Å²) >= 11 is 0. The van der Waals surface area contributed by atoms with Crippen molar-refractivity contribution in [3.8, 4) is 11.5 Å². The molecule has 2 aromatic carbocycles. The molecule has 41 heavy (non-hydrogen) atoms. The average Bonchev–Trinajstić information content (AvgIpc) is 3.15. The maximum atomic E-state index is 13.8. The summed E-state index contributed by atoms with van der Waals surface area (Å²) in [6, 6.07) is 14.6. The van der Waals surface area contributed by atoms with Gasteiger partial charge in [-0.15, -0.1) is 0 Å². The molecule has 3 amide bonds. The molecule has 218 valence electrons. The van der Waals surface area contributed by atoms with Gasteiger partial charge in [0.2, 0.25) is 0 Å². The Kier molecular flexibility index (Phi) is 8.44. The number of likely N-dealkylation sites (N-methyl/N-ethyl adjacent to an activating group) is 1. The molecule has 0 radical (unpaired) electrons. The van der Waals surface area contributed by atoms with E-state index in [0.29, 0.717) is 29.8 Å². The third kappa shape index (κ3) is 5.86. The lowest BCUT2D eigenvalue weighted by Crippen LogP contribution is -2.44. The van der Waals surface area contributed by atoms with Crippen molar-refractivity contribution in [3.63, 3.8) is 0 Å². The summed E-state index contributed by atoms with van der Waals surface area (Å²) in [5.41, 5.74) is 1.05. The van der Waals surface area contributed by atoms with Crippen molar-refractivity contribution in [3.05, 3.63) is 60.3 Å². The van der Waals surface area contributed by atoms with E-state index in [9.17, 15) is 14.7 Å². The van der Waals surface area contributed by atoms with Crippen LogP contribution < -0.4 is 19.7 Å². The molecule has 1 unspecified atom stereocenters. The summed E-state index contributed by atoms with van der Waals surface area (Å²) in [7, 11) is 3.55. The number of amides is 3. The van der Waals surface area contributed by atoms with Crippen LogP contribution in [0.1, 0.15) is 32.3 Å². The van der Waals surface area contributed by atoms with Crippen molar-refractivity contribution in [1.82, 2.24) is 20.1 Å². The second-order valence-electron chi connectivity index (χ2n) is 11.3. The van der Waals surface area contributed by atoms with Crippen molar-refractivity contribution in [1.29, 1.82) is 0 Å². The molecular weight excluding hydrogens is 522 g/mol. The number of para-hydroxylation sites is 1. The number of nitrogens with one attached hydrogen (secondary N) is 1. The van der Waals surface area contributed by atoms with Crippen LogP contribution in [-0.2, 0) is 11.3 Å². The van der Waals surface area contributed by atoms with E-state index in [4.69, 9.17) is 9.47 Å². The monoisotopic (exact) mass is 561 g/mol. The maximum absolute atomic E-state index is 13.8. The quantitative estimate of drug-likeness (QED) is 0.363. The molecule has 2 fully saturated rings. The Morgan fingerprint density at radius 3 is 2.63 bits per heavy atom. The second-order valence-corrected chi connectivity index (χ2v) is 11.3. The molecule has 5 rings (SSSR count). The molecule has 0 aliphatic carbocycles. The third-order valence-electron chi connectivity index (χ3n) is 8.16. The topological polar surface area (TPSA) is 107 Å². The summed E-state index contributed by atoms with van der Waals surface area (Å²) in [6.07, 6.45) is 3.09. The summed E-state index contributed by atoms with van der Waals surface area (Å²) in [5, 5.41) is 15.0. The predicted molar refractivity (Wildman–Crippen MR) is 157 cm³/mol. The van der Waals surface area contributed by atoms with Gasteiger partial charge >= 0.3 is 6.03 Å². The number of urea groups is 1. The Morgan fingerprint density at radius 1 is 1.12 bits per heavy atom. The number of aliphatic hydroxyl groups is 1. The molecule has 3 aromatic rings. The number of hydrogen-bond donors (Lipinski definition) is 2. The van der Waals surface area contributed by atoms with Crippen molar-refractivity contribution >= 4 is 28.5 Å². The SMILES string of the molecule is COc1ccc(N2C(=O)N(Cc3ccnc4ccccc34)C(C)(C)C2=O)cc1OCC(O)CN(C)C1CCNCC1. The van der Waals surface area contributed by atoms with Crippen LogP contribution in [0.15, 0.2) is 54.7 Å². The molecule has 0 spiro atoms. The first-order valence-electron chi connectivity index (χ1n) is 14.1. The van der Waals surface area contributed by atoms with Gasteiger partial charge in [0, 0.05) is 36.8 Å². The Bertz CT molecular complexity index is 1400. The number of methoxy groups -OCH3 is 1. The number of piperidine rings is 1. The van der Waals surface area contributed by atoms with E-state index in [-0.39, 0.29) is 19.1 Å². The van der Waals surface area contributed by atoms with E-state index in [1.54, 1.807) is 43.1 Å². The molecule has 1 aromatic heterocycles. The molecular formula is C31H39N5O5. The van der Waals surface area contributed by atoms with E-state index in [1.807, 2.05) is 37.4 Å². The molecule has 2 N–H and O–H groups in total. The third-order valence-corrected chi connectivity index (χ3v) is 8.16. The fourth-order valence-corrected chi connectivity index (χ4v) is 5.68. The molecule has 2 aliphatic rings. The van der Waals surface area contributed by atoms with E-state index >= 15 is 0 Å². The molecule has 0 bridgehead atoms. The zero-order chi connectivity index (χ0) is 29.1. The average molecular weight is 562 g/mol. The number of nitrogens with zero attached hydrogens (tertiary/aromatic N) is 4. The Labute approximate surface area is 240 Å². The lowest BCUT2D eigenvalue weighted by atomic mass is 10.0. The first-order valence-corrected chi connectivity index (χ1v) is 14.1. The Balaban J connectivity index is 1.33. The maximum Gasteiger partial charge on any atom is 0.332 e. The fourth-order valence-electron chi connectivity index (χ4n) is 5.68. The highest BCUT2D eigenvalue weighted by Gasteiger charge is 2.52. The minimum Gasteiger partial charge on any atom is -0.493 e. The van der Waals surface area contributed by atoms with Gasteiger partial charge in [-0.05, 0) is 76.7 Å². The van der Waals surface area contributed by atoms with Crippen LogP contribution in [-0.4, -0.2) is 89.9 Å². The van der Waals surface area contributed by atoms with Gasteiger partial charge in [-0.25, -0.2) is 9.69 Å². The number of pyridine rings is 1. The van der Waals surface area contributed by atoms with Gasteiger partial charge in [-0.2, -0.15) is 0 Å². The minimum absolute atomic E-state index is 0.0454.